The van der Waals surface area contributed by atoms with Gasteiger partial charge in [0.05, 0.1) is 0 Å². The molecule has 0 bridgehead atoms. The Bertz CT molecular complexity index is 1550. The van der Waals surface area contributed by atoms with Crippen molar-refractivity contribution in [1.29, 1.82) is 0 Å². The Morgan fingerprint density at radius 3 is 2.68 bits per heavy atom. The second-order valence-corrected chi connectivity index (χ2v) is 11.6. The highest BCUT2D eigenvalue weighted by Crippen LogP contribution is 2.34. The molecular weight excluding hydrogens is 488 g/mol. The number of rotatable bonds is 9. The van der Waals surface area contributed by atoms with Crippen molar-refractivity contribution in [3.63, 3.8) is 0 Å². The van der Waals surface area contributed by atoms with Gasteiger partial charge in [-0.2, -0.15) is 0 Å². The topological polar surface area (TPSA) is 78.5 Å². The Kier molecular flexibility index (Phi) is 7.20. The van der Waals surface area contributed by atoms with Gasteiger partial charge in [0.2, 0.25) is 0 Å². The van der Waals surface area contributed by atoms with E-state index in [0.29, 0.717) is 0 Å². The fourth-order valence-electron chi connectivity index (χ4n) is 5.58. The van der Waals surface area contributed by atoms with E-state index in [1.165, 1.54) is 46.6 Å². The molecule has 5 aromatic heterocycles. The van der Waals surface area contributed by atoms with Gasteiger partial charge >= 0.3 is 0 Å². The van der Waals surface area contributed by atoms with Crippen LogP contribution in [-0.2, 0) is 13.0 Å². The molecule has 0 spiro atoms. The number of nitrogens with zero attached hydrogens (tertiary/aromatic N) is 3. The molecule has 1 aliphatic carbocycles. The smallest absolute Gasteiger partial charge is 0.138 e. The molecule has 1 aliphatic rings. The first-order valence-corrected chi connectivity index (χ1v) is 14.3. The summed E-state index contributed by atoms with van der Waals surface area (Å²) in [4.78, 5) is 20.0. The zero-order valence-corrected chi connectivity index (χ0v) is 22.9. The minimum atomic E-state index is 0.729. The van der Waals surface area contributed by atoms with Crippen molar-refractivity contribution >= 4 is 28.2 Å². The zero-order valence-electron chi connectivity index (χ0n) is 22.1. The molecule has 0 amide bonds. The lowest BCUT2D eigenvalue weighted by atomic mass is 10.0. The first-order valence-electron chi connectivity index (χ1n) is 13.5. The average Bonchev–Trinajstić information content (AvgIpc) is 3.70. The Morgan fingerprint density at radius 2 is 1.87 bits per heavy atom. The second-order valence-electron chi connectivity index (χ2n) is 10.3. The highest BCUT2D eigenvalue weighted by atomic mass is 32.1. The van der Waals surface area contributed by atoms with Crippen LogP contribution in [0.1, 0.15) is 47.4 Å². The van der Waals surface area contributed by atoms with Crippen molar-refractivity contribution in [3.8, 4) is 21.6 Å². The van der Waals surface area contributed by atoms with Gasteiger partial charge in [-0.25, -0.2) is 9.97 Å². The summed E-state index contributed by atoms with van der Waals surface area (Å²) in [6.07, 6.45) is 13.9. The van der Waals surface area contributed by atoms with Crippen molar-refractivity contribution in [2.45, 2.75) is 45.6 Å². The van der Waals surface area contributed by atoms with Crippen molar-refractivity contribution in [2.75, 3.05) is 18.9 Å². The second kappa shape index (κ2) is 11.1. The molecule has 0 atom stereocenters. The molecule has 0 saturated heterocycles. The van der Waals surface area contributed by atoms with E-state index < -0.39 is 0 Å². The highest BCUT2D eigenvalue weighted by molar-refractivity contribution is 7.15. The van der Waals surface area contributed by atoms with Gasteiger partial charge in [-0.15, -0.1) is 11.3 Å². The zero-order chi connectivity index (χ0) is 25.9. The Labute approximate surface area is 228 Å². The SMILES string of the molecule is CNc1ncc(-c2cncc(CNCC3CCCC3)c2)cc1Cc1cc2c(-c3ccc(C)s3)ccnc2[nH]1. The van der Waals surface area contributed by atoms with E-state index in [4.69, 9.17) is 4.98 Å². The van der Waals surface area contributed by atoms with Crippen LogP contribution in [0.15, 0.2) is 61.2 Å². The third kappa shape index (κ3) is 5.35. The van der Waals surface area contributed by atoms with Gasteiger partial charge in [0.15, 0.2) is 0 Å². The van der Waals surface area contributed by atoms with E-state index in [-0.39, 0.29) is 0 Å². The number of aromatic amines is 1. The molecule has 7 heteroatoms. The van der Waals surface area contributed by atoms with Crippen LogP contribution in [0.4, 0.5) is 5.82 Å². The predicted molar refractivity (Wildman–Crippen MR) is 158 cm³/mol. The van der Waals surface area contributed by atoms with Crippen LogP contribution in [0.5, 0.6) is 0 Å². The van der Waals surface area contributed by atoms with Crippen molar-refractivity contribution in [1.82, 2.24) is 25.3 Å². The molecule has 0 aromatic carbocycles. The van der Waals surface area contributed by atoms with Gasteiger partial charge in [0.1, 0.15) is 11.5 Å². The molecule has 0 unspecified atom stereocenters. The Hall–Kier alpha value is -3.55. The molecule has 3 N–H and O–H groups in total. The normalized spacial score (nSPS) is 13.9. The number of aromatic nitrogens is 4. The largest absolute Gasteiger partial charge is 0.373 e. The third-order valence-corrected chi connectivity index (χ3v) is 8.58. The molecule has 0 aliphatic heterocycles. The number of fused-ring (bicyclic) bond motifs is 1. The van der Waals surface area contributed by atoms with E-state index in [2.05, 4.69) is 68.9 Å². The van der Waals surface area contributed by atoms with Crippen molar-refractivity contribution in [2.24, 2.45) is 5.92 Å². The van der Waals surface area contributed by atoms with Gasteiger partial charge in [0, 0.05) is 87.9 Å². The summed E-state index contributed by atoms with van der Waals surface area (Å²) in [5, 5.41) is 8.06. The maximum absolute atomic E-state index is 4.75. The minimum Gasteiger partial charge on any atom is -0.373 e. The molecule has 38 heavy (non-hydrogen) atoms. The van der Waals surface area contributed by atoms with Crippen LogP contribution < -0.4 is 10.6 Å². The van der Waals surface area contributed by atoms with Gasteiger partial charge in [-0.05, 0) is 74.2 Å². The molecule has 5 heterocycles. The summed E-state index contributed by atoms with van der Waals surface area (Å²) in [6, 6.07) is 13.2. The number of hydrogen-bond acceptors (Lipinski definition) is 6. The number of H-pyrrole nitrogens is 1. The molecule has 0 radical (unpaired) electrons. The van der Waals surface area contributed by atoms with Crippen LogP contribution in [0.25, 0.3) is 32.6 Å². The minimum absolute atomic E-state index is 0.729. The third-order valence-electron chi connectivity index (χ3n) is 7.54. The molecule has 1 saturated carbocycles. The van der Waals surface area contributed by atoms with Crippen LogP contribution in [-0.4, -0.2) is 33.5 Å². The predicted octanol–water partition coefficient (Wildman–Crippen LogP) is 6.97. The average molecular weight is 523 g/mol. The first kappa shape index (κ1) is 24.8. The fraction of sp³-hybridized carbons (Fsp3) is 0.323. The van der Waals surface area contributed by atoms with E-state index in [9.17, 15) is 0 Å². The number of pyridine rings is 3. The summed E-state index contributed by atoms with van der Waals surface area (Å²) in [5.41, 5.74) is 7.77. The van der Waals surface area contributed by atoms with E-state index >= 15 is 0 Å². The summed E-state index contributed by atoms with van der Waals surface area (Å²) >= 11 is 1.81. The van der Waals surface area contributed by atoms with E-state index in [1.54, 1.807) is 0 Å². The quantitative estimate of drug-likeness (QED) is 0.195. The number of aryl methyl sites for hydroxylation is 1. The van der Waals surface area contributed by atoms with Crippen LogP contribution >= 0.6 is 11.3 Å². The lowest BCUT2D eigenvalue weighted by Gasteiger charge is -2.12. The molecule has 5 aromatic rings. The van der Waals surface area contributed by atoms with Crippen LogP contribution in [0.2, 0.25) is 0 Å². The Morgan fingerprint density at radius 1 is 1.00 bits per heavy atom. The van der Waals surface area contributed by atoms with Crippen LogP contribution in [0, 0.1) is 12.8 Å². The monoisotopic (exact) mass is 522 g/mol. The first-order chi connectivity index (χ1) is 18.7. The van der Waals surface area contributed by atoms with Gasteiger partial charge in [-0.1, -0.05) is 12.8 Å². The molecular formula is C31H34N6S. The number of nitrogens with one attached hydrogen (secondary N) is 3. The van der Waals surface area contributed by atoms with E-state index in [1.807, 2.05) is 43.2 Å². The van der Waals surface area contributed by atoms with Crippen LogP contribution in [0.3, 0.4) is 0 Å². The standard InChI is InChI=1S/C31H34N6S/c1-20-7-8-29(38-20)27-9-10-35-31-28(27)14-26(37-31)13-23-12-25(19-36-30(23)32-2)24-11-22(17-34-18-24)16-33-15-21-5-3-4-6-21/h7-12,14,17-19,21,33H,3-6,13,15-16H2,1-2H3,(H,32,36)(H,35,37). The lowest BCUT2D eigenvalue weighted by Crippen LogP contribution is -2.20. The maximum atomic E-state index is 4.75. The summed E-state index contributed by atoms with van der Waals surface area (Å²) < 4.78 is 0. The van der Waals surface area contributed by atoms with E-state index in [0.717, 1.165) is 64.7 Å². The molecule has 194 valence electrons. The van der Waals surface area contributed by atoms with Gasteiger partial charge < -0.3 is 15.6 Å². The van der Waals surface area contributed by atoms with Gasteiger partial charge in [0.25, 0.3) is 0 Å². The van der Waals surface area contributed by atoms with Gasteiger partial charge in [-0.3, -0.25) is 4.98 Å². The van der Waals surface area contributed by atoms with Crippen molar-refractivity contribution < 1.29 is 0 Å². The summed E-state index contributed by atoms with van der Waals surface area (Å²) in [6.45, 7) is 4.09. The fourth-order valence-corrected chi connectivity index (χ4v) is 6.49. The lowest BCUT2D eigenvalue weighted by molar-refractivity contribution is 0.489. The number of hydrogen-bond donors (Lipinski definition) is 3. The number of thiophene rings is 1. The molecule has 6 rings (SSSR count). The molecule has 6 nitrogen and oxygen atoms in total. The summed E-state index contributed by atoms with van der Waals surface area (Å²) in [5.74, 6) is 1.72. The number of anilines is 1. The van der Waals surface area contributed by atoms with Crippen molar-refractivity contribution in [3.05, 3.63) is 82.9 Å². The molecule has 1 fully saturated rings. The summed E-state index contributed by atoms with van der Waals surface area (Å²) in [7, 11) is 1.92. The highest BCUT2D eigenvalue weighted by Gasteiger charge is 2.15. The Balaban J connectivity index is 1.24. The maximum Gasteiger partial charge on any atom is 0.138 e.